The highest BCUT2D eigenvalue weighted by Gasteiger charge is 2.13. The van der Waals surface area contributed by atoms with Crippen molar-refractivity contribution in [1.29, 1.82) is 0 Å². The third kappa shape index (κ3) is 4.05. The van der Waals surface area contributed by atoms with Crippen molar-refractivity contribution in [1.82, 2.24) is 19.3 Å². The van der Waals surface area contributed by atoms with Crippen molar-refractivity contribution in [2.24, 2.45) is 0 Å². The van der Waals surface area contributed by atoms with Crippen molar-refractivity contribution in [3.05, 3.63) is 104 Å². The summed E-state index contributed by atoms with van der Waals surface area (Å²) in [7, 11) is 0. The van der Waals surface area contributed by atoms with E-state index in [-0.39, 0.29) is 19.0 Å². The summed E-state index contributed by atoms with van der Waals surface area (Å²) in [4.78, 5) is 29.3. The molecule has 0 aliphatic carbocycles. The molecule has 4 rings (SSSR count). The molecule has 0 unspecified atom stereocenters. The summed E-state index contributed by atoms with van der Waals surface area (Å²) in [5, 5.41) is 4.59. The van der Waals surface area contributed by atoms with Gasteiger partial charge >= 0.3 is 11.1 Å². The van der Waals surface area contributed by atoms with Gasteiger partial charge < -0.3 is 9.09 Å². The number of rotatable bonds is 5. The highest BCUT2D eigenvalue weighted by Crippen LogP contribution is 2.19. The average Bonchev–Trinajstić information content (AvgIpc) is 3.18. The summed E-state index contributed by atoms with van der Waals surface area (Å²) in [5.41, 5.74) is 1.46. The lowest BCUT2D eigenvalue weighted by Crippen LogP contribution is -2.40. The van der Waals surface area contributed by atoms with Crippen molar-refractivity contribution in [3.8, 4) is 11.4 Å². The quantitative estimate of drug-likeness (QED) is 0.474. The molecule has 2 heterocycles. The fraction of sp³-hybridized carbons (Fsp3) is 0.143. The Bertz CT molecular complexity index is 1270. The predicted octanol–water partition coefficient (Wildman–Crippen LogP) is 3.12. The molecule has 0 saturated heterocycles. The van der Waals surface area contributed by atoms with E-state index in [0.717, 1.165) is 16.7 Å². The van der Waals surface area contributed by atoms with E-state index in [1.165, 1.54) is 15.3 Å². The zero-order chi connectivity index (χ0) is 20.4. The van der Waals surface area contributed by atoms with Crippen molar-refractivity contribution in [2.45, 2.75) is 20.0 Å². The van der Waals surface area contributed by atoms with Gasteiger partial charge in [-0.2, -0.15) is 4.98 Å². The Labute approximate surface area is 170 Å². The van der Waals surface area contributed by atoms with Crippen LogP contribution in [0.3, 0.4) is 0 Å². The fourth-order valence-electron chi connectivity index (χ4n) is 2.98. The van der Waals surface area contributed by atoms with Crippen LogP contribution in [0.15, 0.2) is 75.0 Å². The third-order valence-corrected chi connectivity index (χ3v) is 4.81. The molecular weight excluding hydrogens is 392 g/mol. The van der Waals surface area contributed by atoms with Gasteiger partial charge in [-0.25, -0.2) is 0 Å². The van der Waals surface area contributed by atoms with Crippen LogP contribution in [-0.4, -0.2) is 19.3 Å². The number of hydrogen-bond donors (Lipinski definition) is 0. The van der Waals surface area contributed by atoms with Crippen LogP contribution in [0.4, 0.5) is 0 Å². The van der Waals surface area contributed by atoms with Crippen molar-refractivity contribution >= 4 is 11.6 Å². The van der Waals surface area contributed by atoms with Gasteiger partial charge in [-0.1, -0.05) is 53.2 Å². The summed E-state index contributed by atoms with van der Waals surface area (Å²) >= 11 is 5.88. The molecule has 2 aromatic heterocycles. The van der Waals surface area contributed by atoms with Gasteiger partial charge in [-0.15, -0.1) is 0 Å². The zero-order valence-electron chi connectivity index (χ0n) is 15.6. The molecule has 146 valence electrons. The molecule has 0 bridgehead atoms. The van der Waals surface area contributed by atoms with Crippen LogP contribution in [0.2, 0.25) is 5.02 Å². The number of aromatic nitrogens is 4. The van der Waals surface area contributed by atoms with E-state index in [1.54, 1.807) is 18.3 Å². The largest absolute Gasteiger partial charge is 0.337 e. The van der Waals surface area contributed by atoms with Crippen LogP contribution in [0, 0.1) is 6.92 Å². The first kappa shape index (κ1) is 18.9. The fourth-order valence-corrected chi connectivity index (χ4v) is 3.10. The third-order valence-electron chi connectivity index (χ3n) is 4.56. The Morgan fingerprint density at radius 3 is 2.28 bits per heavy atom. The lowest BCUT2D eigenvalue weighted by molar-refractivity contribution is 0.369. The Morgan fingerprint density at radius 2 is 1.59 bits per heavy atom. The Balaban J connectivity index is 1.57. The van der Waals surface area contributed by atoms with Gasteiger partial charge in [0.05, 0.1) is 6.54 Å². The SMILES string of the molecule is Cc1ccccc1-c1noc(Cn2ccn(Cc3ccc(Cl)cc3)c(=O)c2=O)n1. The van der Waals surface area contributed by atoms with Crippen molar-refractivity contribution < 1.29 is 4.52 Å². The molecule has 0 spiro atoms. The maximum atomic E-state index is 12.5. The van der Waals surface area contributed by atoms with E-state index in [9.17, 15) is 9.59 Å². The topological polar surface area (TPSA) is 82.9 Å². The lowest BCUT2D eigenvalue weighted by Gasteiger charge is -2.08. The minimum Gasteiger partial charge on any atom is -0.337 e. The smallest absolute Gasteiger partial charge is 0.316 e. The molecule has 0 radical (unpaired) electrons. The highest BCUT2D eigenvalue weighted by atomic mass is 35.5. The molecule has 0 saturated carbocycles. The summed E-state index contributed by atoms with van der Waals surface area (Å²) in [6.07, 6.45) is 3.11. The number of halogens is 1. The minimum atomic E-state index is -0.655. The number of aryl methyl sites for hydroxylation is 1. The van der Waals surface area contributed by atoms with Crippen LogP contribution >= 0.6 is 11.6 Å². The first-order chi connectivity index (χ1) is 14.0. The van der Waals surface area contributed by atoms with Gasteiger partial charge in [-0.05, 0) is 30.2 Å². The molecule has 0 amide bonds. The van der Waals surface area contributed by atoms with Gasteiger partial charge in [0.1, 0.15) is 6.54 Å². The molecule has 4 aromatic rings. The zero-order valence-corrected chi connectivity index (χ0v) is 16.3. The molecule has 0 N–H and O–H groups in total. The first-order valence-corrected chi connectivity index (χ1v) is 9.32. The molecule has 0 aliphatic heterocycles. The maximum absolute atomic E-state index is 12.5. The Morgan fingerprint density at radius 1 is 0.931 bits per heavy atom. The van der Waals surface area contributed by atoms with E-state index in [4.69, 9.17) is 16.1 Å². The number of hydrogen-bond acceptors (Lipinski definition) is 5. The van der Waals surface area contributed by atoms with E-state index in [2.05, 4.69) is 10.1 Å². The molecule has 8 heteroatoms. The summed E-state index contributed by atoms with van der Waals surface area (Å²) in [5.74, 6) is 0.697. The lowest BCUT2D eigenvalue weighted by atomic mass is 10.1. The average molecular weight is 409 g/mol. The Kier molecular flexibility index (Phi) is 5.14. The predicted molar refractivity (Wildman–Crippen MR) is 109 cm³/mol. The summed E-state index contributed by atoms with van der Waals surface area (Å²) in [6, 6.07) is 14.8. The van der Waals surface area contributed by atoms with Gasteiger partial charge in [0.25, 0.3) is 0 Å². The van der Waals surface area contributed by atoms with E-state index in [0.29, 0.717) is 10.8 Å². The maximum Gasteiger partial charge on any atom is 0.316 e. The van der Waals surface area contributed by atoms with Gasteiger partial charge in [0.2, 0.25) is 11.7 Å². The standard InChI is InChI=1S/C21H17ClN4O3/c1-14-4-2-3-5-17(14)19-23-18(29-24-19)13-26-11-10-25(20(27)21(26)28)12-15-6-8-16(22)9-7-15/h2-11H,12-13H2,1H3. The minimum absolute atomic E-state index is 0.0226. The molecule has 7 nitrogen and oxygen atoms in total. The van der Waals surface area contributed by atoms with Crippen LogP contribution in [0.5, 0.6) is 0 Å². The number of nitrogens with zero attached hydrogens (tertiary/aromatic N) is 4. The van der Waals surface area contributed by atoms with E-state index >= 15 is 0 Å². The summed E-state index contributed by atoms with van der Waals surface area (Å²) in [6.45, 7) is 2.26. The molecule has 0 aliphatic rings. The van der Waals surface area contributed by atoms with Crippen molar-refractivity contribution in [3.63, 3.8) is 0 Å². The van der Waals surface area contributed by atoms with Crippen molar-refractivity contribution in [2.75, 3.05) is 0 Å². The second-order valence-electron chi connectivity index (χ2n) is 6.62. The van der Waals surface area contributed by atoms with Gasteiger partial charge in [-0.3, -0.25) is 14.2 Å². The molecule has 2 aromatic carbocycles. The molecule has 0 fully saturated rings. The van der Waals surface area contributed by atoms with E-state index in [1.807, 2.05) is 43.3 Å². The number of benzene rings is 2. The first-order valence-electron chi connectivity index (χ1n) is 8.94. The van der Waals surface area contributed by atoms with Gasteiger partial charge in [0.15, 0.2) is 0 Å². The normalized spacial score (nSPS) is 11.0. The second-order valence-corrected chi connectivity index (χ2v) is 7.05. The molecular formula is C21H17ClN4O3. The van der Waals surface area contributed by atoms with Crippen LogP contribution in [0.25, 0.3) is 11.4 Å². The molecule has 0 atom stereocenters. The summed E-state index contributed by atoms with van der Waals surface area (Å²) < 4.78 is 7.88. The molecule has 29 heavy (non-hydrogen) atoms. The Hall–Kier alpha value is -3.45. The highest BCUT2D eigenvalue weighted by molar-refractivity contribution is 6.30. The van der Waals surface area contributed by atoms with E-state index < -0.39 is 11.1 Å². The monoisotopic (exact) mass is 408 g/mol. The van der Waals surface area contributed by atoms with Crippen LogP contribution < -0.4 is 11.1 Å². The van der Waals surface area contributed by atoms with Gasteiger partial charge in [0, 0.05) is 23.0 Å². The van der Waals surface area contributed by atoms with Crippen LogP contribution in [0.1, 0.15) is 17.0 Å². The van der Waals surface area contributed by atoms with Crippen LogP contribution in [-0.2, 0) is 13.1 Å². The second kappa shape index (κ2) is 7.89.